The van der Waals surface area contributed by atoms with E-state index in [0.29, 0.717) is 6.54 Å². The minimum absolute atomic E-state index is 0.0512. The second-order valence-corrected chi connectivity index (χ2v) is 3.74. The smallest absolute Gasteiger partial charge is 0.225 e. The largest absolute Gasteiger partial charge is 0.391 e. The first-order valence-corrected chi connectivity index (χ1v) is 4.58. The van der Waals surface area contributed by atoms with Crippen LogP contribution >= 0.6 is 0 Å². The van der Waals surface area contributed by atoms with Gasteiger partial charge in [-0.25, -0.2) is 0 Å². The molecule has 0 aliphatic carbocycles. The number of rotatable bonds is 1. The highest BCUT2D eigenvalue weighted by atomic mass is 16.3. The minimum atomic E-state index is -0.304. The number of amides is 1. The third-order valence-electron chi connectivity index (χ3n) is 2.20. The molecule has 12 heavy (non-hydrogen) atoms. The van der Waals surface area contributed by atoms with Gasteiger partial charge in [-0.3, -0.25) is 4.79 Å². The molecule has 0 aromatic heterocycles. The highest BCUT2D eigenvalue weighted by Gasteiger charge is 2.23. The number of nitrogens with zero attached hydrogens (tertiary/aromatic N) is 1. The topological polar surface area (TPSA) is 40.5 Å². The molecule has 0 aromatic carbocycles. The van der Waals surface area contributed by atoms with Crippen molar-refractivity contribution in [1.29, 1.82) is 0 Å². The lowest BCUT2D eigenvalue weighted by atomic mass is 10.1. The van der Waals surface area contributed by atoms with E-state index in [1.165, 1.54) is 0 Å². The summed E-state index contributed by atoms with van der Waals surface area (Å²) >= 11 is 0. The number of piperidine rings is 1. The van der Waals surface area contributed by atoms with Crippen LogP contribution in [0.3, 0.4) is 0 Å². The van der Waals surface area contributed by atoms with Crippen LogP contribution < -0.4 is 0 Å². The van der Waals surface area contributed by atoms with Crippen molar-refractivity contribution in [3.05, 3.63) is 0 Å². The first-order valence-electron chi connectivity index (χ1n) is 4.58. The molecule has 1 atom stereocenters. The summed E-state index contributed by atoms with van der Waals surface area (Å²) < 4.78 is 0. The molecule has 3 heteroatoms. The van der Waals surface area contributed by atoms with E-state index in [9.17, 15) is 9.90 Å². The van der Waals surface area contributed by atoms with Gasteiger partial charge in [0, 0.05) is 19.0 Å². The van der Waals surface area contributed by atoms with Crippen LogP contribution in [0.1, 0.15) is 26.7 Å². The second-order valence-electron chi connectivity index (χ2n) is 3.74. The number of aliphatic hydroxyl groups excluding tert-OH is 1. The highest BCUT2D eigenvalue weighted by Crippen LogP contribution is 2.12. The molecule has 1 N–H and O–H groups in total. The summed E-state index contributed by atoms with van der Waals surface area (Å²) in [5.74, 6) is 0.212. The zero-order chi connectivity index (χ0) is 9.14. The van der Waals surface area contributed by atoms with Crippen LogP contribution in [-0.4, -0.2) is 35.1 Å². The van der Waals surface area contributed by atoms with Gasteiger partial charge in [0.15, 0.2) is 0 Å². The SMILES string of the molecule is CC(C)C(=O)N1CCC[C@H](O)C1. The minimum Gasteiger partial charge on any atom is -0.391 e. The van der Waals surface area contributed by atoms with Crippen LogP contribution in [0.15, 0.2) is 0 Å². The number of hydrogen-bond acceptors (Lipinski definition) is 2. The van der Waals surface area contributed by atoms with Crippen molar-refractivity contribution < 1.29 is 9.90 Å². The maximum absolute atomic E-state index is 11.5. The summed E-state index contributed by atoms with van der Waals surface area (Å²) in [7, 11) is 0. The predicted octanol–water partition coefficient (Wildman–Crippen LogP) is 0.626. The lowest BCUT2D eigenvalue weighted by molar-refractivity contribution is -0.137. The molecule has 0 aromatic rings. The van der Waals surface area contributed by atoms with Crippen LogP contribution in [0.5, 0.6) is 0 Å². The molecule has 3 nitrogen and oxygen atoms in total. The maximum atomic E-state index is 11.5. The average Bonchev–Trinajstić information content (AvgIpc) is 2.03. The summed E-state index contributed by atoms with van der Waals surface area (Å²) in [5, 5.41) is 9.32. The molecule has 1 rings (SSSR count). The molecule has 0 unspecified atom stereocenters. The van der Waals surface area contributed by atoms with E-state index in [0.717, 1.165) is 19.4 Å². The van der Waals surface area contributed by atoms with E-state index in [2.05, 4.69) is 0 Å². The number of hydrogen-bond donors (Lipinski definition) is 1. The Kier molecular flexibility index (Phi) is 3.09. The molecule has 70 valence electrons. The molecule has 1 amide bonds. The van der Waals surface area contributed by atoms with Crippen LogP contribution in [0.25, 0.3) is 0 Å². The summed E-state index contributed by atoms with van der Waals surface area (Å²) in [6.07, 6.45) is 1.46. The van der Waals surface area contributed by atoms with Gasteiger partial charge >= 0.3 is 0 Å². The quantitative estimate of drug-likeness (QED) is 0.628. The van der Waals surface area contributed by atoms with E-state index in [4.69, 9.17) is 0 Å². The Morgan fingerprint density at radius 2 is 2.25 bits per heavy atom. The van der Waals surface area contributed by atoms with E-state index in [1.807, 2.05) is 13.8 Å². The number of carbonyl (C=O) groups excluding carboxylic acids is 1. The highest BCUT2D eigenvalue weighted by molar-refractivity contribution is 5.78. The Balaban J connectivity index is 2.46. The van der Waals surface area contributed by atoms with Crippen LogP contribution in [0, 0.1) is 5.92 Å². The van der Waals surface area contributed by atoms with Crippen LogP contribution in [-0.2, 0) is 4.79 Å². The summed E-state index contributed by atoms with van der Waals surface area (Å²) in [4.78, 5) is 13.2. The van der Waals surface area contributed by atoms with Crippen molar-refractivity contribution >= 4 is 5.91 Å². The molecule has 1 heterocycles. The van der Waals surface area contributed by atoms with Crippen molar-refractivity contribution in [2.45, 2.75) is 32.8 Å². The first kappa shape index (κ1) is 9.52. The van der Waals surface area contributed by atoms with E-state index < -0.39 is 0 Å². The van der Waals surface area contributed by atoms with Gasteiger partial charge in [0.1, 0.15) is 0 Å². The number of carbonyl (C=O) groups is 1. The lowest BCUT2D eigenvalue weighted by Gasteiger charge is -2.31. The number of likely N-dealkylation sites (tertiary alicyclic amines) is 1. The van der Waals surface area contributed by atoms with Crippen LogP contribution in [0.4, 0.5) is 0 Å². The Morgan fingerprint density at radius 3 is 2.75 bits per heavy atom. The number of β-amino-alcohol motifs (C(OH)–C–C–N with tert-alkyl or cyclic N) is 1. The summed E-state index contributed by atoms with van der Waals surface area (Å²) in [5.41, 5.74) is 0. The van der Waals surface area contributed by atoms with Gasteiger partial charge in [-0.05, 0) is 12.8 Å². The van der Waals surface area contributed by atoms with E-state index in [-0.39, 0.29) is 17.9 Å². The second kappa shape index (κ2) is 3.90. The predicted molar refractivity (Wildman–Crippen MR) is 46.7 cm³/mol. The molecule has 0 bridgehead atoms. The van der Waals surface area contributed by atoms with E-state index in [1.54, 1.807) is 4.90 Å². The Bertz CT molecular complexity index is 168. The molecule has 1 aliphatic heterocycles. The van der Waals surface area contributed by atoms with Crippen molar-refractivity contribution in [1.82, 2.24) is 4.90 Å². The maximum Gasteiger partial charge on any atom is 0.225 e. The fourth-order valence-corrected chi connectivity index (χ4v) is 1.52. The van der Waals surface area contributed by atoms with Crippen molar-refractivity contribution in [2.24, 2.45) is 5.92 Å². The molecule has 0 spiro atoms. The standard InChI is InChI=1S/C9H17NO2/c1-7(2)9(12)10-5-3-4-8(11)6-10/h7-8,11H,3-6H2,1-2H3/t8-/m0/s1. The molecule has 1 aliphatic rings. The lowest BCUT2D eigenvalue weighted by Crippen LogP contribution is -2.43. The Labute approximate surface area is 73.4 Å². The van der Waals surface area contributed by atoms with Crippen molar-refractivity contribution in [2.75, 3.05) is 13.1 Å². The molecule has 0 radical (unpaired) electrons. The van der Waals surface area contributed by atoms with Gasteiger partial charge in [0.25, 0.3) is 0 Å². The fraction of sp³-hybridized carbons (Fsp3) is 0.889. The summed E-state index contributed by atoms with van der Waals surface area (Å²) in [6, 6.07) is 0. The van der Waals surface area contributed by atoms with Gasteiger partial charge in [-0.15, -0.1) is 0 Å². The Hall–Kier alpha value is -0.570. The third kappa shape index (κ3) is 2.21. The number of aliphatic hydroxyl groups is 1. The fourth-order valence-electron chi connectivity index (χ4n) is 1.52. The first-order chi connectivity index (χ1) is 5.61. The van der Waals surface area contributed by atoms with E-state index >= 15 is 0 Å². The molecule has 0 saturated carbocycles. The van der Waals surface area contributed by atoms with Gasteiger partial charge in [-0.1, -0.05) is 13.8 Å². The molecule has 1 fully saturated rings. The normalized spacial score (nSPS) is 24.7. The van der Waals surface area contributed by atoms with Gasteiger partial charge in [0.05, 0.1) is 6.10 Å². The van der Waals surface area contributed by atoms with Gasteiger partial charge in [0.2, 0.25) is 5.91 Å². The molecular formula is C9H17NO2. The Morgan fingerprint density at radius 1 is 1.58 bits per heavy atom. The van der Waals surface area contributed by atoms with Crippen molar-refractivity contribution in [3.8, 4) is 0 Å². The molecule has 1 saturated heterocycles. The monoisotopic (exact) mass is 171 g/mol. The third-order valence-corrected chi connectivity index (χ3v) is 2.20. The molecular weight excluding hydrogens is 154 g/mol. The zero-order valence-corrected chi connectivity index (χ0v) is 7.79. The van der Waals surface area contributed by atoms with Crippen LogP contribution in [0.2, 0.25) is 0 Å². The van der Waals surface area contributed by atoms with Crippen molar-refractivity contribution in [3.63, 3.8) is 0 Å². The average molecular weight is 171 g/mol. The van der Waals surface area contributed by atoms with Gasteiger partial charge < -0.3 is 10.0 Å². The van der Waals surface area contributed by atoms with Gasteiger partial charge in [-0.2, -0.15) is 0 Å². The summed E-state index contributed by atoms with van der Waals surface area (Å²) in [6.45, 7) is 5.12. The zero-order valence-electron chi connectivity index (χ0n) is 7.79.